The van der Waals surface area contributed by atoms with Gasteiger partial charge in [-0.05, 0) is 6.07 Å². The molecular formula is C7H5ClN2O6S. The number of nitro groups is 2. The third kappa shape index (κ3) is 3.64. The average Bonchev–Trinajstić information content (AvgIpc) is 2.14. The summed E-state index contributed by atoms with van der Waals surface area (Å²) in [6, 6.07) is 2.66. The first-order valence-electron chi connectivity index (χ1n) is 4.05. The molecule has 1 rings (SSSR count). The van der Waals surface area contributed by atoms with E-state index in [-0.39, 0.29) is 5.56 Å². The fourth-order valence-electron chi connectivity index (χ4n) is 1.14. The normalized spacial score (nSPS) is 11.1. The van der Waals surface area contributed by atoms with Gasteiger partial charge >= 0.3 is 0 Å². The molecular weight excluding hydrogens is 276 g/mol. The molecule has 0 aliphatic heterocycles. The summed E-state index contributed by atoms with van der Waals surface area (Å²) >= 11 is 0. The number of rotatable bonds is 4. The van der Waals surface area contributed by atoms with Crippen molar-refractivity contribution < 1.29 is 18.3 Å². The summed E-state index contributed by atoms with van der Waals surface area (Å²) in [7, 11) is 0.994. The Morgan fingerprint density at radius 2 is 1.76 bits per heavy atom. The number of non-ortho nitro benzene ring substituents is 1. The number of hydrogen-bond donors (Lipinski definition) is 0. The molecule has 1 aromatic carbocycles. The number of benzene rings is 1. The summed E-state index contributed by atoms with van der Waals surface area (Å²) in [5, 5.41) is 21.0. The third-order valence-electron chi connectivity index (χ3n) is 1.80. The molecule has 10 heteroatoms. The molecule has 0 aliphatic rings. The first-order chi connectivity index (χ1) is 7.70. The molecule has 0 heterocycles. The maximum atomic E-state index is 10.8. The number of hydrogen-bond acceptors (Lipinski definition) is 6. The lowest BCUT2D eigenvalue weighted by Crippen LogP contribution is -2.01. The molecule has 0 atom stereocenters. The first kappa shape index (κ1) is 13.3. The van der Waals surface area contributed by atoms with E-state index in [1.54, 1.807) is 0 Å². The standard InChI is InChI=1S/C7H5ClN2O6S/c8-17(15,16)4-5-1-2-6(9(11)12)3-7(5)10(13)14/h1-3H,4H2. The van der Waals surface area contributed by atoms with Crippen molar-refractivity contribution in [2.45, 2.75) is 5.75 Å². The molecule has 0 aliphatic carbocycles. The quantitative estimate of drug-likeness (QED) is 0.469. The summed E-state index contributed by atoms with van der Waals surface area (Å²) in [5.74, 6) is -0.761. The third-order valence-corrected chi connectivity index (χ3v) is 2.79. The summed E-state index contributed by atoms with van der Waals surface area (Å²) in [4.78, 5) is 19.3. The van der Waals surface area contributed by atoms with Gasteiger partial charge in [-0.15, -0.1) is 0 Å². The lowest BCUT2D eigenvalue weighted by atomic mass is 10.2. The van der Waals surface area contributed by atoms with Crippen molar-refractivity contribution in [2.24, 2.45) is 0 Å². The second-order valence-corrected chi connectivity index (χ2v) is 5.79. The highest BCUT2D eigenvalue weighted by atomic mass is 35.7. The zero-order valence-corrected chi connectivity index (χ0v) is 9.64. The molecule has 0 saturated carbocycles. The lowest BCUT2D eigenvalue weighted by molar-refractivity contribution is -0.394. The summed E-state index contributed by atoms with van der Waals surface area (Å²) < 4.78 is 21.6. The van der Waals surface area contributed by atoms with Crippen LogP contribution in [0.1, 0.15) is 5.56 Å². The van der Waals surface area contributed by atoms with Crippen LogP contribution < -0.4 is 0 Å². The van der Waals surface area contributed by atoms with Gasteiger partial charge in [0.15, 0.2) is 0 Å². The Kier molecular flexibility index (Phi) is 3.63. The fraction of sp³-hybridized carbons (Fsp3) is 0.143. The molecule has 0 fully saturated rings. The van der Waals surface area contributed by atoms with Crippen LogP contribution in [0, 0.1) is 20.2 Å². The fourth-order valence-corrected chi connectivity index (χ4v) is 2.11. The van der Waals surface area contributed by atoms with Crippen LogP contribution in [0.5, 0.6) is 0 Å². The molecule has 0 spiro atoms. The predicted molar refractivity (Wildman–Crippen MR) is 58.2 cm³/mol. The predicted octanol–water partition coefficient (Wildman–Crippen LogP) is 1.57. The van der Waals surface area contributed by atoms with E-state index >= 15 is 0 Å². The Morgan fingerprint density at radius 3 is 2.18 bits per heavy atom. The van der Waals surface area contributed by atoms with Crippen molar-refractivity contribution in [1.82, 2.24) is 0 Å². The average molecular weight is 281 g/mol. The van der Waals surface area contributed by atoms with Crippen molar-refractivity contribution in [3.8, 4) is 0 Å². The van der Waals surface area contributed by atoms with Crippen LogP contribution in [-0.2, 0) is 14.8 Å². The highest BCUT2D eigenvalue weighted by molar-refractivity contribution is 8.13. The van der Waals surface area contributed by atoms with Crippen LogP contribution in [0.25, 0.3) is 0 Å². The Hall–Kier alpha value is -1.74. The molecule has 0 radical (unpaired) electrons. The van der Waals surface area contributed by atoms with Crippen LogP contribution in [0.3, 0.4) is 0 Å². The van der Waals surface area contributed by atoms with Gasteiger partial charge in [0.1, 0.15) is 0 Å². The molecule has 92 valence electrons. The van der Waals surface area contributed by atoms with E-state index in [0.717, 1.165) is 12.1 Å². The smallest absolute Gasteiger partial charge is 0.258 e. The van der Waals surface area contributed by atoms with E-state index in [4.69, 9.17) is 10.7 Å². The van der Waals surface area contributed by atoms with Gasteiger partial charge in [0, 0.05) is 22.3 Å². The van der Waals surface area contributed by atoms with Gasteiger partial charge in [0.2, 0.25) is 9.05 Å². The molecule has 17 heavy (non-hydrogen) atoms. The summed E-state index contributed by atoms with van der Waals surface area (Å²) in [6.07, 6.45) is 0. The maximum Gasteiger partial charge on any atom is 0.280 e. The minimum Gasteiger partial charge on any atom is -0.258 e. The van der Waals surface area contributed by atoms with Crippen molar-refractivity contribution in [3.63, 3.8) is 0 Å². The molecule has 1 aromatic rings. The largest absolute Gasteiger partial charge is 0.280 e. The number of halogens is 1. The Bertz CT molecular complexity index is 584. The molecule has 0 N–H and O–H groups in total. The van der Waals surface area contributed by atoms with E-state index in [9.17, 15) is 28.6 Å². The summed E-state index contributed by atoms with van der Waals surface area (Å²) in [6.45, 7) is 0. The Balaban J connectivity index is 3.32. The number of nitrogens with zero attached hydrogens (tertiary/aromatic N) is 2. The van der Waals surface area contributed by atoms with E-state index in [0.29, 0.717) is 6.07 Å². The van der Waals surface area contributed by atoms with E-state index in [2.05, 4.69) is 0 Å². The van der Waals surface area contributed by atoms with Crippen LogP contribution in [0.4, 0.5) is 11.4 Å². The topological polar surface area (TPSA) is 120 Å². The van der Waals surface area contributed by atoms with Gasteiger partial charge in [0.25, 0.3) is 11.4 Å². The van der Waals surface area contributed by atoms with Crippen LogP contribution in [-0.4, -0.2) is 18.3 Å². The first-order valence-corrected chi connectivity index (χ1v) is 6.52. The van der Waals surface area contributed by atoms with Crippen LogP contribution in [0.2, 0.25) is 0 Å². The van der Waals surface area contributed by atoms with Gasteiger partial charge < -0.3 is 0 Å². The van der Waals surface area contributed by atoms with Gasteiger partial charge in [0.05, 0.1) is 21.7 Å². The van der Waals surface area contributed by atoms with Crippen LogP contribution >= 0.6 is 10.7 Å². The molecule has 0 amide bonds. The molecule has 0 saturated heterocycles. The van der Waals surface area contributed by atoms with Gasteiger partial charge in [-0.2, -0.15) is 0 Å². The SMILES string of the molecule is O=[N+]([O-])c1ccc(CS(=O)(=O)Cl)c([N+](=O)[O-])c1. The lowest BCUT2D eigenvalue weighted by Gasteiger charge is -2.00. The monoisotopic (exact) mass is 280 g/mol. The molecule has 0 aromatic heterocycles. The Labute approximate surface area is 99.5 Å². The minimum absolute atomic E-state index is 0.199. The van der Waals surface area contributed by atoms with E-state index < -0.39 is 36.0 Å². The van der Waals surface area contributed by atoms with Gasteiger partial charge in [-0.25, -0.2) is 8.42 Å². The highest BCUT2D eigenvalue weighted by Gasteiger charge is 2.22. The van der Waals surface area contributed by atoms with E-state index in [1.807, 2.05) is 0 Å². The van der Waals surface area contributed by atoms with Crippen molar-refractivity contribution in [3.05, 3.63) is 44.0 Å². The zero-order valence-electron chi connectivity index (χ0n) is 8.07. The highest BCUT2D eigenvalue weighted by Crippen LogP contribution is 2.26. The number of nitro benzene ring substituents is 2. The maximum absolute atomic E-state index is 10.8. The van der Waals surface area contributed by atoms with Gasteiger partial charge in [-0.1, -0.05) is 0 Å². The minimum atomic E-state index is -3.97. The molecule has 8 nitrogen and oxygen atoms in total. The second-order valence-electron chi connectivity index (χ2n) is 3.01. The summed E-state index contributed by atoms with van der Waals surface area (Å²) in [5.41, 5.74) is -1.34. The van der Waals surface area contributed by atoms with Crippen molar-refractivity contribution in [2.75, 3.05) is 0 Å². The molecule has 0 unspecified atom stereocenters. The van der Waals surface area contributed by atoms with Gasteiger partial charge in [-0.3, -0.25) is 20.2 Å². The second kappa shape index (κ2) is 4.63. The van der Waals surface area contributed by atoms with Crippen molar-refractivity contribution in [1.29, 1.82) is 0 Å². The zero-order chi connectivity index (χ0) is 13.2. The van der Waals surface area contributed by atoms with E-state index in [1.165, 1.54) is 0 Å². The van der Waals surface area contributed by atoms with Crippen molar-refractivity contribution >= 4 is 31.1 Å². The van der Waals surface area contributed by atoms with Crippen LogP contribution in [0.15, 0.2) is 18.2 Å². The Morgan fingerprint density at radius 1 is 1.18 bits per heavy atom. The molecule has 0 bridgehead atoms.